The van der Waals surface area contributed by atoms with Crippen LogP contribution in [0.2, 0.25) is 0 Å². The van der Waals surface area contributed by atoms with Crippen LogP contribution in [0, 0.1) is 79.8 Å². The monoisotopic (exact) mass is 944 g/mol. The van der Waals surface area contributed by atoms with Crippen LogP contribution in [0.5, 0.6) is 23.0 Å². The van der Waals surface area contributed by atoms with Crippen molar-refractivity contribution < 1.29 is 77.6 Å². The molecule has 0 aliphatic heterocycles. The molecular formula is C44H34F2N4O18. The zero-order valence-electron chi connectivity index (χ0n) is 35.4. The summed E-state index contributed by atoms with van der Waals surface area (Å²) in [5.41, 5.74) is 1.01. The van der Waals surface area contributed by atoms with E-state index in [9.17, 15) is 68.4 Å². The molecule has 0 spiro atoms. The minimum atomic E-state index is -1.45. The number of nitrogens with zero attached hydrogens (tertiary/aromatic N) is 4. The van der Waals surface area contributed by atoms with Gasteiger partial charge in [0.05, 0.1) is 55.1 Å². The highest BCUT2D eigenvalue weighted by Crippen LogP contribution is 2.32. The molecular weight excluding hydrogens is 910 g/mol. The minimum absolute atomic E-state index is 0.0540. The maximum atomic E-state index is 12.8. The second-order valence-corrected chi connectivity index (χ2v) is 13.8. The lowest BCUT2D eigenvalue weighted by Gasteiger charge is -2.10. The van der Waals surface area contributed by atoms with Crippen molar-refractivity contribution in [1.29, 1.82) is 0 Å². The van der Waals surface area contributed by atoms with Gasteiger partial charge in [0.2, 0.25) is 0 Å². The number of halogens is 2. The zero-order chi connectivity index (χ0) is 51.2. The number of nitro benzene ring substituents is 4. The number of hydrogen-bond donors (Lipinski definition) is 4. The van der Waals surface area contributed by atoms with E-state index in [0.717, 1.165) is 70.8 Å². The Morgan fingerprint density at radius 2 is 0.632 bits per heavy atom. The van der Waals surface area contributed by atoms with E-state index in [0.29, 0.717) is 23.6 Å². The summed E-state index contributed by atoms with van der Waals surface area (Å²) in [4.78, 5) is 82.0. The van der Waals surface area contributed by atoms with Crippen LogP contribution >= 0.6 is 0 Å². The van der Waals surface area contributed by atoms with E-state index in [2.05, 4.69) is 0 Å². The summed E-state index contributed by atoms with van der Waals surface area (Å²) in [6.07, 6.45) is 0. The summed E-state index contributed by atoms with van der Waals surface area (Å²) in [7, 11) is 0. The van der Waals surface area contributed by atoms with E-state index < -0.39 is 77.7 Å². The molecule has 4 N–H and O–H groups in total. The topological polar surface area (TPSA) is 340 Å². The summed E-state index contributed by atoms with van der Waals surface area (Å²) >= 11 is 0. The molecule has 0 radical (unpaired) electrons. The first-order valence-corrected chi connectivity index (χ1v) is 18.7. The van der Waals surface area contributed by atoms with Gasteiger partial charge >= 0.3 is 23.9 Å². The third-order valence-corrected chi connectivity index (χ3v) is 8.45. The third-order valence-electron chi connectivity index (χ3n) is 8.45. The number of non-ortho nitro benzene ring substituents is 4. The molecule has 0 saturated carbocycles. The van der Waals surface area contributed by atoms with Crippen molar-refractivity contribution >= 4 is 46.6 Å². The van der Waals surface area contributed by atoms with Gasteiger partial charge in [0, 0.05) is 24.3 Å². The molecule has 0 saturated heterocycles. The minimum Gasteiger partial charge on any atom is -0.478 e. The fourth-order valence-corrected chi connectivity index (χ4v) is 5.59. The molecule has 22 nitrogen and oxygen atoms in total. The predicted octanol–water partition coefficient (Wildman–Crippen LogP) is 10.3. The highest BCUT2D eigenvalue weighted by molar-refractivity contribution is 5.92. The Kier molecular flexibility index (Phi) is 18.0. The number of carboxylic acids is 4. The van der Waals surface area contributed by atoms with Crippen molar-refractivity contribution in [3.8, 4) is 23.0 Å². The number of nitro groups is 4. The number of aromatic carboxylic acids is 4. The number of aryl methyl sites for hydroxylation is 4. The normalized spacial score (nSPS) is 9.97. The van der Waals surface area contributed by atoms with Gasteiger partial charge in [-0.15, -0.1) is 0 Å². The Bertz CT molecular complexity index is 2740. The molecule has 6 aromatic carbocycles. The third kappa shape index (κ3) is 15.2. The molecule has 0 aliphatic carbocycles. The van der Waals surface area contributed by atoms with Crippen LogP contribution < -0.4 is 9.47 Å². The smallest absolute Gasteiger partial charge is 0.339 e. The van der Waals surface area contributed by atoms with Crippen LogP contribution in [0.1, 0.15) is 63.7 Å². The Hall–Kier alpha value is -9.74. The lowest BCUT2D eigenvalue weighted by atomic mass is 10.1. The Labute approximate surface area is 380 Å². The highest BCUT2D eigenvalue weighted by Gasteiger charge is 2.20. The van der Waals surface area contributed by atoms with Gasteiger partial charge in [-0.25, -0.2) is 28.0 Å². The van der Waals surface area contributed by atoms with E-state index >= 15 is 0 Å². The molecule has 0 aliphatic rings. The number of benzene rings is 6. The number of hydrogen-bond acceptors (Lipinski definition) is 14. The standard InChI is InChI=1S/2C15H13NO5.2C7H4FNO4/c2*1-9-5-10(2)7-12(6-9)21-14-8-11(16(19)20)3-4-13(14)15(17)18;2*8-6-3-4(9(12)13)1-2-5(6)7(10)11/h2*3-8H,1-2H3,(H,17,18);2*1-3H,(H,10,11). The molecule has 0 aromatic heterocycles. The van der Waals surface area contributed by atoms with E-state index in [-0.39, 0.29) is 34.0 Å². The first-order valence-electron chi connectivity index (χ1n) is 18.7. The SMILES string of the molecule is Cc1cc(C)cc(Oc2cc([N+](=O)[O-])ccc2C(=O)O)c1.Cc1cc(C)cc(Oc2cc([N+](=O)[O-])ccc2C(=O)O)c1.O=C(O)c1ccc([N+](=O)[O-])cc1F.O=C(O)c1ccc([N+](=O)[O-])cc1F. The molecule has 24 heteroatoms. The first-order chi connectivity index (χ1) is 31.8. The number of carbonyl (C=O) groups is 4. The van der Waals surface area contributed by atoms with Crippen molar-refractivity contribution in [1.82, 2.24) is 0 Å². The van der Waals surface area contributed by atoms with Gasteiger partial charge in [0.1, 0.15) is 45.8 Å². The Morgan fingerprint density at radius 3 is 0.853 bits per heavy atom. The molecule has 6 aromatic rings. The molecule has 352 valence electrons. The van der Waals surface area contributed by atoms with Crippen molar-refractivity contribution in [3.63, 3.8) is 0 Å². The van der Waals surface area contributed by atoms with Gasteiger partial charge in [-0.3, -0.25) is 40.5 Å². The second-order valence-electron chi connectivity index (χ2n) is 13.8. The van der Waals surface area contributed by atoms with Crippen LogP contribution in [0.25, 0.3) is 0 Å². The number of ether oxygens (including phenoxy) is 2. The summed E-state index contributed by atoms with van der Waals surface area (Å²) in [5, 5.41) is 76.9. The maximum absolute atomic E-state index is 12.8. The van der Waals surface area contributed by atoms with Gasteiger partial charge in [-0.1, -0.05) is 12.1 Å². The molecule has 0 heterocycles. The fourth-order valence-electron chi connectivity index (χ4n) is 5.59. The highest BCUT2D eigenvalue weighted by atomic mass is 19.1. The van der Waals surface area contributed by atoms with Gasteiger partial charge in [0.15, 0.2) is 0 Å². The van der Waals surface area contributed by atoms with Crippen molar-refractivity contribution in [2.45, 2.75) is 27.7 Å². The van der Waals surface area contributed by atoms with Gasteiger partial charge < -0.3 is 29.9 Å². The van der Waals surface area contributed by atoms with E-state index in [1.807, 2.05) is 39.8 Å². The molecule has 6 rings (SSSR count). The molecule has 68 heavy (non-hydrogen) atoms. The van der Waals surface area contributed by atoms with Crippen LogP contribution in [-0.4, -0.2) is 64.0 Å². The molecule has 0 atom stereocenters. The summed E-state index contributed by atoms with van der Waals surface area (Å²) in [5.74, 6) is -6.76. The zero-order valence-corrected chi connectivity index (χ0v) is 35.4. The molecule has 0 bridgehead atoms. The lowest BCUT2D eigenvalue weighted by Crippen LogP contribution is -2.01. The molecule has 0 amide bonds. The van der Waals surface area contributed by atoms with Crippen LogP contribution in [0.4, 0.5) is 31.5 Å². The largest absolute Gasteiger partial charge is 0.478 e. The maximum Gasteiger partial charge on any atom is 0.339 e. The first kappa shape index (κ1) is 52.6. The summed E-state index contributed by atoms with van der Waals surface area (Å²) < 4.78 is 36.6. The van der Waals surface area contributed by atoms with Gasteiger partial charge in [-0.2, -0.15) is 0 Å². The van der Waals surface area contributed by atoms with Crippen LogP contribution in [-0.2, 0) is 0 Å². The van der Waals surface area contributed by atoms with Crippen LogP contribution in [0.3, 0.4) is 0 Å². The van der Waals surface area contributed by atoms with Crippen molar-refractivity contribution in [3.05, 3.63) is 206 Å². The van der Waals surface area contributed by atoms with Crippen LogP contribution in [0.15, 0.2) is 109 Å². The number of rotatable bonds is 12. The van der Waals surface area contributed by atoms with E-state index in [1.54, 1.807) is 24.3 Å². The average Bonchev–Trinajstić information content (AvgIpc) is 3.23. The summed E-state index contributed by atoms with van der Waals surface area (Å²) in [6, 6.07) is 22.4. The van der Waals surface area contributed by atoms with Crippen molar-refractivity contribution in [2.75, 3.05) is 0 Å². The van der Waals surface area contributed by atoms with Crippen molar-refractivity contribution in [2.24, 2.45) is 0 Å². The fraction of sp³-hybridized carbons (Fsp3) is 0.0909. The average molecular weight is 945 g/mol. The predicted molar refractivity (Wildman–Crippen MR) is 232 cm³/mol. The molecule has 0 fully saturated rings. The number of carboxylic acid groups (broad SMARTS) is 4. The Morgan fingerprint density at radius 1 is 0.397 bits per heavy atom. The molecule has 0 unspecified atom stereocenters. The quantitative estimate of drug-likeness (QED) is 0.0654. The lowest BCUT2D eigenvalue weighted by molar-refractivity contribution is -0.385. The Balaban J connectivity index is 0.000000247. The van der Waals surface area contributed by atoms with Gasteiger partial charge in [-0.05, 0) is 98.5 Å². The van der Waals surface area contributed by atoms with E-state index in [1.165, 1.54) is 12.1 Å². The van der Waals surface area contributed by atoms with E-state index in [4.69, 9.17) is 29.9 Å². The van der Waals surface area contributed by atoms with Gasteiger partial charge in [0.25, 0.3) is 22.7 Å². The second kappa shape index (κ2) is 23.3. The summed E-state index contributed by atoms with van der Waals surface area (Å²) in [6.45, 7) is 7.52.